The number of aromatic carboxylic acids is 1. The van der Waals surface area contributed by atoms with Crippen molar-refractivity contribution >= 4 is 16.7 Å². The summed E-state index contributed by atoms with van der Waals surface area (Å²) in [6.07, 6.45) is 0. The van der Waals surface area contributed by atoms with Crippen molar-refractivity contribution in [3.63, 3.8) is 0 Å². The fraction of sp³-hybridized carbons (Fsp3) is 0.0588. The largest absolute Gasteiger partial charge is 0.505 e. The van der Waals surface area contributed by atoms with E-state index in [0.717, 1.165) is 18.2 Å². The highest BCUT2D eigenvalue weighted by atomic mass is 19.1. The van der Waals surface area contributed by atoms with Gasteiger partial charge in [-0.2, -0.15) is 0 Å². The van der Waals surface area contributed by atoms with Crippen molar-refractivity contribution in [2.75, 3.05) is 0 Å². The van der Waals surface area contributed by atoms with Gasteiger partial charge in [-0.25, -0.2) is 18.6 Å². The second-order valence-electron chi connectivity index (χ2n) is 5.11. The summed E-state index contributed by atoms with van der Waals surface area (Å²) in [7, 11) is 0. The zero-order valence-electron chi connectivity index (χ0n) is 12.4. The number of hydrogen-bond acceptors (Lipinski definition) is 4. The first-order valence-corrected chi connectivity index (χ1v) is 6.85. The van der Waals surface area contributed by atoms with Crippen LogP contribution in [0.25, 0.3) is 10.8 Å². The molecule has 0 saturated heterocycles. The lowest BCUT2D eigenvalue weighted by Crippen LogP contribution is -2.03. The SMILES string of the molecule is Cc1nc(C(=O)O)c(O)c2ccc(Oc3cc(F)cc(F)c3)cc12. The molecule has 0 aliphatic heterocycles. The van der Waals surface area contributed by atoms with Crippen molar-refractivity contribution in [1.82, 2.24) is 4.98 Å². The van der Waals surface area contributed by atoms with Crippen LogP contribution in [0.3, 0.4) is 0 Å². The average molecular weight is 331 g/mol. The quantitative estimate of drug-likeness (QED) is 0.758. The molecule has 122 valence electrons. The minimum atomic E-state index is -1.34. The first-order valence-electron chi connectivity index (χ1n) is 6.85. The molecule has 0 aliphatic rings. The summed E-state index contributed by atoms with van der Waals surface area (Å²) in [6, 6.07) is 7.21. The van der Waals surface area contributed by atoms with E-state index in [4.69, 9.17) is 9.84 Å². The molecule has 5 nitrogen and oxygen atoms in total. The number of ether oxygens (including phenoxy) is 1. The van der Waals surface area contributed by atoms with E-state index in [9.17, 15) is 18.7 Å². The molecule has 2 aromatic carbocycles. The predicted octanol–water partition coefficient (Wildman–Crippen LogP) is 4.02. The second kappa shape index (κ2) is 5.77. The molecule has 0 radical (unpaired) electrons. The van der Waals surface area contributed by atoms with Gasteiger partial charge in [0.15, 0.2) is 11.4 Å². The molecule has 1 aromatic heterocycles. The van der Waals surface area contributed by atoms with Crippen LogP contribution in [-0.4, -0.2) is 21.2 Å². The molecule has 0 spiro atoms. The molecule has 0 saturated carbocycles. The number of halogens is 2. The number of hydrogen-bond donors (Lipinski definition) is 2. The minimum Gasteiger partial charge on any atom is -0.505 e. The summed E-state index contributed by atoms with van der Waals surface area (Å²) >= 11 is 0. The summed E-state index contributed by atoms with van der Waals surface area (Å²) in [5.74, 6) is -3.09. The Bertz CT molecular complexity index is 952. The van der Waals surface area contributed by atoms with Crippen molar-refractivity contribution < 1.29 is 28.5 Å². The van der Waals surface area contributed by atoms with Crippen LogP contribution in [0.1, 0.15) is 16.2 Å². The molecular weight excluding hydrogens is 320 g/mol. The van der Waals surface area contributed by atoms with Crippen molar-refractivity contribution in [3.8, 4) is 17.2 Å². The average Bonchev–Trinajstić information content (AvgIpc) is 2.49. The van der Waals surface area contributed by atoms with Gasteiger partial charge >= 0.3 is 5.97 Å². The number of benzene rings is 2. The number of carbonyl (C=O) groups is 1. The van der Waals surface area contributed by atoms with Crippen LogP contribution < -0.4 is 4.74 Å². The molecule has 0 bridgehead atoms. The van der Waals surface area contributed by atoms with E-state index in [1.54, 1.807) is 6.92 Å². The summed E-state index contributed by atoms with van der Waals surface area (Å²) in [6.45, 7) is 1.58. The topological polar surface area (TPSA) is 79.7 Å². The molecule has 2 N–H and O–H groups in total. The van der Waals surface area contributed by atoms with E-state index < -0.39 is 29.0 Å². The first-order chi connectivity index (χ1) is 11.3. The standard InChI is InChI=1S/C17H11F2NO4/c1-8-14-7-11(24-12-5-9(18)4-10(19)6-12)2-3-13(14)16(21)15(20-8)17(22)23/h2-7,21H,1H3,(H,22,23). The summed E-state index contributed by atoms with van der Waals surface area (Å²) < 4.78 is 31.8. The molecule has 3 rings (SSSR count). The van der Waals surface area contributed by atoms with Crippen LogP contribution in [0.5, 0.6) is 17.2 Å². The van der Waals surface area contributed by atoms with Crippen molar-refractivity contribution in [2.45, 2.75) is 6.92 Å². The zero-order valence-corrected chi connectivity index (χ0v) is 12.4. The molecule has 1 heterocycles. The van der Waals surface area contributed by atoms with E-state index in [0.29, 0.717) is 11.1 Å². The molecule has 24 heavy (non-hydrogen) atoms. The summed E-state index contributed by atoms with van der Waals surface area (Å²) in [5.41, 5.74) is -0.0723. The Morgan fingerprint density at radius 1 is 1.04 bits per heavy atom. The third-order valence-corrected chi connectivity index (χ3v) is 3.41. The summed E-state index contributed by atoms with van der Waals surface area (Å²) in [5, 5.41) is 19.8. The van der Waals surface area contributed by atoms with E-state index in [2.05, 4.69) is 4.98 Å². The minimum absolute atomic E-state index is 0.0242. The van der Waals surface area contributed by atoms with E-state index in [-0.39, 0.29) is 16.9 Å². The van der Waals surface area contributed by atoms with Gasteiger partial charge in [0.25, 0.3) is 0 Å². The lowest BCUT2D eigenvalue weighted by molar-refractivity contribution is 0.0687. The smallest absolute Gasteiger partial charge is 0.358 e. The molecular formula is C17H11F2NO4. The molecule has 0 aliphatic carbocycles. The number of carboxylic acid groups (broad SMARTS) is 1. The molecule has 0 atom stereocenters. The van der Waals surface area contributed by atoms with Crippen molar-refractivity contribution in [2.24, 2.45) is 0 Å². The maximum Gasteiger partial charge on any atom is 0.358 e. The van der Waals surface area contributed by atoms with Crippen molar-refractivity contribution in [3.05, 3.63) is 59.4 Å². The van der Waals surface area contributed by atoms with Gasteiger partial charge in [0.1, 0.15) is 23.1 Å². The highest BCUT2D eigenvalue weighted by molar-refractivity contribution is 5.99. The van der Waals surface area contributed by atoms with Crippen LogP contribution >= 0.6 is 0 Å². The number of carboxylic acids is 1. The molecule has 7 heteroatoms. The Kier molecular flexibility index (Phi) is 3.76. The fourth-order valence-electron chi connectivity index (χ4n) is 2.37. The highest BCUT2D eigenvalue weighted by Gasteiger charge is 2.17. The van der Waals surface area contributed by atoms with Crippen LogP contribution in [0.4, 0.5) is 8.78 Å². The summed E-state index contributed by atoms with van der Waals surface area (Å²) in [4.78, 5) is 14.9. The van der Waals surface area contributed by atoms with Gasteiger partial charge in [-0.1, -0.05) is 0 Å². The third-order valence-electron chi connectivity index (χ3n) is 3.41. The number of fused-ring (bicyclic) bond motifs is 1. The fourth-order valence-corrected chi connectivity index (χ4v) is 2.37. The number of nitrogens with zero attached hydrogens (tertiary/aromatic N) is 1. The van der Waals surface area contributed by atoms with E-state index in [1.807, 2.05) is 0 Å². The lowest BCUT2D eigenvalue weighted by Gasteiger charge is -2.10. The van der Waals surface area contributed by atoms with Gasteiger partial charge in [0, 0.05) is 34.7 Å². The number of rotatable bonds is 3. The normalized spacial score (nSPS) is 10.8. The molecule has 0 unspecified atom stereocenters. The Balaban J connectivity index is 2.07. The maximum absolute atomic E-state index is 13.2. The third kappa shape index (κ3) is 2.83. The van der Waals surface area contributed by atoms with E-state index in [1.165, 1.54) is 18.2 Å². The number of aromatic hydroxyl groups is 1. The first kappa shape index (κ1) is 15.7. The van der Waals surface area contributed by atoms with Gasteiger partial charge in [-0.3, -0.25) is 0 Å². The molecule has 0 amide bonds. The van der Waals surface area contributed by atoms with Crippen LogP contribution in [0.15, 0.2) is 36.4 Å². The van der Waals surface area contributed by atoms with Gasteiger partial charge in [0.2, 0.25) is 0 Å². The van der Waals surface area contributed by atoms with Crippen LogP contribution in [0, 0.1) is 18.6 Å². The Labute approximate surface area is 134 Å². The monoisotopic (exact) mass is 331 g/mol. The molecule has 0 fully saturated rings. The van der Waals surface area contributed by atoms with Gasteiger partial charge < -0.3 is 14.9 Å². The maximum atomic E-state index is 13.2. The number of aryl methyl sites for hydroxylation is 1. The van der Waals surface area contributed by atoms with Crippen LogP contribution in [0.2, 0.25) is 0 Å². The lowest BCUT2D eigenvalue weighted by atomic mass is 10.1. The number of aromatic nitrogens is 1. The van der Waals surface area contributed by atoms with Gasteiger partial charge in [-0.15, -0.1) is 0 Å². The van der Waals surface area contributed by atoms with Gasteiger partial charge in [-0.05, 0) is 25.1 Å². The Morgan fingerprint density at radius 2 is 1.71 bits per heavy atom. The Morgan fingerprint density at radius 3 is 2.33 bits per heavy atom. The second-order valence-corrected chi connectivity index (χ2v) is 5.11. The Hall–Kier alpha value is -3.22. The molecule has 3 aromatic rings. The zero-order chi connectivity index (χ0) is 17.4. The number of pyridine rings is 1. The van der Waals surface area contributed by atoms with E-state index >= 15 is 0 Å². The van der Waals surface area contributed by atoms with Crippen molar-refractivity contribution in [1.29, 1.82) is 0 Å². The van der Waals surface area contributed by atoms with Crippen LogP contribution in [-0.2, 0) is 0 Å². The predicted molar refractivity (Wildman–Crippen MR) is 81.5 cm³/mol. The van der Waals surface area contributed by atoms with Gasteiger partial charge in [0.05, 0.1) is 0 Å². The highest BCUT2D eigenvalue weighted by Crippen LogP contribution is 2.33.